The maximum absolute atomic E-state index is 5.91. The summed E-state index contributed by atoms with van der Waals surface area (Å²) in [4.78, 5) is 0. The Morgan fingerprint density at radius 1 is 1.16 bits per heavy atom. The summed E-state index contributed by atoms with van der Waals surface area (Å²) in [7, 11) is 0. The first kappa shape index (κ1) is 15.7. The van der Waals surface area contributed by atoms with Crippen LogP contribution < -0.4 is 14.2 Å². The van der Waals surface area contributed by atoms with E-state index in [0.29, 0.717) is 36.2 Å². The van der Waals surface area contributed by atoms with E-state index in [-0.39, 0.29) is 0 Å². The predicted octanol–water partition coefficient (Wildman–Crippen LogP) is 3.59. The van der Waals surface area contributed by atoms with E-state index in [1.807, 2.05) is 54.0 Å². The molecule has 2 aromatic carbocycles. The van der Waals surface area contributed by atoms with Gasteiger partial charge in [-0.1, -0.05) is 18.2 Å². The van der Waals surface area contributed by atoms with Gasteiger partial charge in [0.25, 0.3) is 0 Å². The molecular formula is C18H17N3O3S. The summed E-state index contributed by atoms with van der Waals surface area (Å²) < 4.78 is 19.5. The molecular weight excluding hydrogens is 338 g/mol. The van der Waals surface area contributed by atoms with Crippen molar-refractivity contribution in [2.45, 2.75) is 13.5 Å². The minimum Gasteiger partial charge on any atom is -0.486 e. The molecule has 0 fully saturated rings. The lowest BCUT2D eigenvalue weighted by atomic mass is 10.2. The van der Waals surface area contributed by atoms with Crippen molar-refractivity contribution >= 4 is 12.2 Å². The number of H-pyrrole nitrogens is 1. The third kappa shape index (κ3) is 3.10. The van der Waals surface area contributed by atoms with Crippen LogP contribution in [0.2, 0.25) is 0 Å². The lowest BCUT2D eigenvalue weighted by molar-refractivity contribution is 0.171. The molecule has 0 bridgehead atoms. The van der Waals surface area contributed by atoms with Crippen molar-refractivity contribution in [3.05, 3.63) is 58.6 Å². The van der Waals surface area contributed by atoms with Crippen molar-refractivity contribution in [3.63, 3.8) is 0 Å². The number of para-hydroxylation sites is 1. The highest BCUT2D eigenvalue weighted by Crippen LogP contribution is 2.32. The molecule has 3 aromatic rings. The van der Waals surface area contributed by atoms with E-state index >= 15 is 0 Å². The number of benzene rings is 2. The summed E-state index contributed by atoms with van der Waals surface area (Å²) in [5.41, 5.74) is 1.92. The van der Waals surface area contributed by atoms with Crippen LogP contribution >= 0.6 is 12.2 Å². The van der Waals surface area contributed by atoms with Crippen LogP contribution in [0.15, 0.2) is 42.5 Å². The second kappa shape index (κ2) is 6.60. The van der Waals surface area contributed by atoms with Gasteiger partial charge in [0.05, 0.1) is 5.69 Å². The van der Waals surface area contributed by atoms with Crippen molar-refractivity contribution in [2.24, 2.45) is 0 Å². The molecule has 0 saturated carbocycles. The second-order valence-corrected chi connectivity index (χ2v) is 6.05. The number of aromatic nitrogens is 3. The highest BCUT2D eigenvalue weighted by atomic mass is 32.1. The molecule has 2 heterocycles. The fourth-order valence-electron chi connectivity index (χ4n) is 2.72. The van der Waals surface area contributed by atoms with Crippen LogP contribution in [-0.4, -0.2) is 28.0 Å². The molecule has 0 radical (unpaired) electrons. The zero-order chi connectivity index (χ0) is 17.2. The van der Waals surface area contributed by atoms with E-state index in [4.69, 9.17) is 26.4 Å². The SMILES string of the molecule is Cc1ccccc1OCc1n[nH]c(=S)n1-c1ccc2c(c1)OCCO2. The van der Waals surface area contributed by atoms with Crippen molar-refractivity contribution in [1.29, 1.82) is 0 Å². The van der Waals surface area contributed by atoms with Gasteiger partial charge in [-0.3, -0.25) is 9.67 Å². The van der Waals surface area contributed by atoms with Gasteiger partial charge in [-0.25, -0.2) is 0 Å². The minimum absolute atomic E-state index is 0.298. The third-order valence-corrected chi connectivity index (χ3v) is 4.25. The van der Waals surface area contributed by atoms with Crippen molar-refractivity contribution in [2.75, 3.05) is 13.2 Å². The number of rotatable bonds is 4. The van der Waals surface area contributed by atoms with Gasteiger partial charge in [0.2, 0.25) is 0 Å². The monoisotopic (exact) mass is 355 g/mol. The van der Waals surface area contributed by atoms with E-state index in [9.17, 15) is 0 Å². The zero-order valence-corrected chi connectivity index (χ0v) is 14.5. The molecule has 6 nitrogen and oxygen atoms in total. The Labute approximate surface area is 150 Å². The molecule has 4 rings (SSSR count). The summed E-state index contributed by atoms with van der Waals surface area (Å²) >= 11 is 5.38. The van der Waals surface area contributed by atoms with Gasteiger partial charge >= 0.3 is 0 Å². The van der Waals surface area contributed by atoms with E-state index < -0.39 is 0 Å². The molecule has 128 valence electrons. The molecule has 0 atom stereocenters. The first-order valence-corrected chi connectivity index (χ1v) is 8.38. The van der Waals surface area contributed by atoms with E-state index in [2.05, 4.69) is 10.2 Å². The fourth-order valence-corrected chi connectivity index (χ4v) is 2.98. The average Bonchev–Trinajstić information content (AvgIpc) is 3.01. The number of nitrogens with zero attached hydrogens (tertiary/aromatic N) is 2. The summed E-state index contributed by atoms with van der Waals surface area (Å²) in [6.07, 6.45) is 0. The normalized spacial score (nSPS) is 12.8. The molecule has 1 aromatic heterocycles. The highest BCUT2D eigenvalue weighted by Gasteiger charge is 2.15. The lowest BCUT2D eigenvalue weighted by Crippen LogP contribution is -2.15. The Bertz CT molecular complexity index is 964. The molecule has 1 aliphatic heterocycles. The fraction of sp³-hybridized carbons (Fsp3) is 0.222. The van der Waals surface area contributed by atoms with Crippen LogP contribution in [0.4, 0.5) is 0 Å². The zero-order valence-electron chi connectivity index (χ0n) is 13.7. The van der Waals surface area contributed by atoms with E-state index in [0.717, 1.165) is 22.7 Å². The van der Waals surface area contributed by atoms with Gasteiger partial charge in [-0.2, -0.15) is 5.10 Å². The minimum atomic E-state index is 0.298. The highest BCUT2D eigenvalue weighted by molar-refractivity contribution is 7.71. The van der Waals surface area contributed by atoms with E-state index in [1.54, 1.807) is 0 Å². The number of fused-ring (bicyclic) bond motifs is 1. The van der Waals surface area contributed by atoms with Gasteiger partial charge in [-0.15, -0.1) is 0 Å². The molecule has 0 saturated heterocycles. The number of nitrogens with one attached hydrogen (secondary N) is 1. The van der Waals surface area contributed by atoms with Crippen LogP contribution in [0.3, 0.4) is 0 Å². The molecule has 25 heavy (non-hydrogen) atoms. The largest absolute Gasteiger partial charge is 0.486 e. The maximum atomic E-state index is 5.91. The van der Waals surface area contributed by atoms with Crippen LogP contribution in [-0.2, 0) is 6.61 Å². The summed E-state index contributed by atoms with van der Waals surface area (Å²) in [6.45, 7) is 3.41. The third-order valence-electron chi connectivity index (χ3n) is 3.98. The molecule has 0 amide bonds. The lowest BCUT2D eigenvalue weighted by Gasteiger charge is -2.19. The Morgan fingerprint density at radius 3 is 2.80 bits per heavy atom. The van der Waals surface area contributed by atoms with Gasteiger partial charge < -0.3 is 14.2 Å². The topological polar surface area (TPSA) is 61.3 Å². The predicted molar refractivity (Wildman–Crippen MR) is 95.2 cm³/mol. The molecule has 7 heteroatoms. The molecule has 0 spiro atoms. The van der Waals surface area contributed by atoms with Crippen LogP contribution in [0.5, 0.6) is 17.2 Å². The molecule has 0 aliphatic carbocycles. The Hall–Kier alpha value is -2.80. The number of aryl methyl sites for hydroxylation is 1. The van der Waals surface area contributed by atoms with Gasteiger partial charge in [-0.05, 0) is 42.9 Å². The Morgan fingerprint density at radius 2 is 1.96 bits per heavy atom. The average molecular weight is 355 g/mol. The van der Waals surface area contributed by atoms with Gasteiger partial charge in [0.1, 0.15) is 25.6 Å². The van der Waals surface area contributed by atoms with Crippen LogP contribution in [0.1, 0.15) is 11.4 Å². The summed E-state index contributed by atoms with van der Waals surface area (Å²) in [5, 5.41) is 7.13. The smallest absolute Gasteiger partial charge is 0.199 e. The molecule has 0 unspecified atom stereocenters. The summed E-state index contributed by atoms with van der Waals surface area (Å²) in [5.74, 6) is 2.95. The first-order chi connectivity index (χ1) is 12.2. The Kier molecular flexibility index (Phi) is 4.15. The quantitative estimate of drug-likeness (QED) is 0.725. The summed E-state index contributed by atoms with van der Waals surface area (Å²) in [6, 6.07) is 13.6. The van der Waals surface area contributed by atoms with Crippen LogP contribution in [0, 0.1) is 11.7 Å². The van der Waals surface area contributed by atoms with Crippen LogP contribution in [0.25, 0.3) is 5.69 Å². The van der Waals surface area contributed by atoms with Crippen molar-refractivity contribution < 1.29 is 14.2 Å². The standard InChI is InChI=1S/C18H17N3O3S/c1-12-4-2-3-5-14(12)24-11-17-19-20-18(25)21(17)13-6-7-15-16(10-13)23-9-8-22-15/h2-7,10H,8-9,11H2,1H3,(H,20,25). The number of aromatic amines is 1. The first-order valence-electron chi connectivity index (χ1n) is 7.97. The van der Waals surface area contributed by atoms with Gasteiger partial charge in [0.15, 0.2) is 22.1 Å². The number of hydrogen-bond donors (Lipinski definition) is 1. The van der Waals surface area contributed by atoms with Crippen molar-refractivity contribution in [1.82, 2.24) is 14.8 Å². The second-order valence-electron chi connectivity index (χ2n) is 5.66. The Balaban J connectivity index is 1.64. The van der Waals surface area contributed by atoms with Gasteiger partial charge in [0, 0.05) is 6.07 Å². The van der Waals surface area contributed by atoms with Crippen molar-refractivity contribution in [3.8, 4) is 22.9 Å². The van der Waals surface area contributed by atoms with E-state index in [1.165, 1.54) is 0 Å². The molecule has 1 aliphatic rings. The number of ether oxygens (including phenoxy) is 3. The molecule has 1 N–H and O–H groups in total. The number of hydrogen-bond acceptors (Lipinski definition) is 5. The maximum Gasteiger partial charge on any atom is 0.199 e.